The van der Waals surface area contributed by atoms with Crippen molar-refractivity contribution in [2.75, 3.05) is 13.1 Å². The summed E-state index contributed by atoms with van der Waals surface area (Å²) in [7, 11) is 0. The Labute approximate surface area is 210 Å². The van der Waals surface area contributed by atoms with E-state index in [1.54, 1.807) is 12.1 Å². The lowest BCUT2D eigenvalue weighted by atomic mass is 10.1. The van der Waals surface area contributed by atoms with Crippen molar-refractivity contribution < 1.29 is 18.3 Å². The molecule has 1 amide bonds. The van der Waals surface area contributed by atoms with Gasteiger partial charge in [0, 0.05) is 38.2 Å². The van der Waals surface area contributed by atoms with Crippen LogP contribution in [0, 0.1) is 6.92 Å². The molecule has 1 aliphatic heterocycles. The zero-order valence-electron chi connectivity index (χ0n) is 18.9. The average molecular weight is 572 g/mol. The fourth-order valence-corrected chi connectivity index (χ4v) is 3.59. The van der Waals surface area contributed by atoms with Crippen LogP contribution in [-0.2, 0) is 24.4 Å². The number of likely N-dealkylation sites (tertiary alicyclic amines) is 1. The molecule has 2 N–H and O–H groups in total. The molecule has 180 valence electrons. The number of guanidine groups is 1. The number of halogens is 3. The van der Waals surface area contributed by atoms with E-state index in [0.29, 0.717) is 44.1 Å². The monoisotopic (exact) mass is 572 g/mol. The molecule has 2 aromatic carbocycles. The first-order chi connectivity index (χ1) is 15.4. The number of benzene rings is 2. The summed E-state index contributed by atoms with van der Waals surface area (Å²) in [5.41, 5.74) is 3.73. The van der Waals surface area contributed by atoms with E-state index in [0.717, 1.165) is 29.7 Å². The summed E-state index contributed by atoms with van der Waals surface area (Å²) in [6.07, 6.45) is 1.58. The van der Waals surface area contributed by atoms with E-state index in [1.165, 1.54) is 0 Å². The van der Waals surface area contributed by atoms with Crippen molar-refractivity contribution in [3.8, 4) is 5.75 Å². The highest BCUT2D eigenvalue weighted by atomic mass is 127. The van der Waals surface area contributed by atoms with Gasteiger partial charge < -0.3 is 20.3 Å². The Morgan fingerprint density at radius 1 is 1.15 bits per heavy atom. The summed E-state index contributed by atoms with van der Waals surface area (Å²) in [4.78, 5) is 18.3. The average Bonchev–Trinajstić information content (AvgIpc) is 3.17. The van der Waals surface area contributed by atoms with E-state index in [4.69, 9.17) is 0 Å². The molecule has 1 fully saturated rings. The van der Waals surface area contributed by atoms with Crippen LogP contribution in [0.3, 0.4) is 0 Å². The molecule has 6 nitrogen and oxygen atoms in total. The number of amides is 1. The van der Waals surface area contributed by atoms with Crippen molar-refractivity contribution in [1.82, 2.24) is 15.5 Å². The molecular formula is C24H31F2IN4O2. The Balaban J connectivity index is 0.00000385. The third kappa shape index (κ3) is 8.45. The lowest BCUT2D eigenvalue weighted by Gasteiger charge is -2.16. The Morgan fingerprint density at radius 3 is 2.52 bits per heavy atom. The molecule has 0 radical (unpaired) electrons. The maximum absolute atomic E-state index is 12.7. The normalized spacial score (nSPS) is 13.8. The quantitative estimate of drug-likeness (QED) is 0.262. The number of nitrogens with one attached hydrogen (secondary N) is 2. The minimum absolute atomic E-state index is 0. The lowest BCUT2D eigenvalue weighted by Crippen LogP contribution is -2.36. The molecule has 0 spiro atoms. The van der Waals surface area contributed by atoms with Gasteiger partial charge in [0.2, 0.25) is 5.91 Å². The fraction of sp³-hybridized carbons (Fsp3) is 0.417. The van der Waals surface area contributed by atoms with E-state index in [2.05, 4.69) is 20.4 Å². The lowest BCUT2D eigenvalue weighted by molar-refractivity contribution is -0.128. The molecule has 33 heavy (non-hydrogen) atoms. The smallest absolute Gasteiger partial charge is 0.387 e. The molecule has 1 saturated heterocycles. The first-order valence-corrected chi connectivity index (χ1v) is 10.9. The number of hydrogen-bond acceptors (Lipinski definition) is 3. The maximum Gasteiger partial charge on any atom is 0.387 e. The number of carbonyl (C=O) groups excluding carboxylic acids is 1. The van der Waals surface area contributed by atoms with Crippen LogP contribution in [0.5, 0.6) is 5.75 Å². The second kappa shape index (κ2) is 13.3. The highest BCUT2D eigenvalue weighted by molar-refractivity contribution is 14.0. The molecule has 2 aromatic rings. The van der Waals surface area contributed by atoms with Gasteiger partial charge in [-0.05, 0) is 37.5 Å². The first-order valence-electron chi connectivity index (χ1n) is 10.9. The van der Waals surface area contributed by atoms with Crippen molar-refractivity contribution in [3.05, 3.63) is 64.7 Å². The van der Waals surface area contributed by atoms with E-state index in [9.17, 15) is 13.6 Å². The molecule has 3 rings (SSSR count). The number of nitrogens with zero attached hydrogens (tertiary/aromatic N) is 2. The molecule has 1 heterocycles. The minimum atomic E-state index is -2.87. The van der Waals surface area contributed by atoms with Crippen LogP contribution >= 0.6 is 24.0 Å². The van der Waals surface area contributed by atoms with E-state index < -0.39 is 6.61 Å². The molecule has 0 saturated carbocycles. The van der Waals surface area contributed by atoms with Crippen LogP contribution in [0.4, 0.5) is 8.78 Å². The highest BCUT2D eigenvalue weighted by Gasteiger charge is 2.19. The van der Waals surface area contributed by atoms with E-state index >= 15 is 0 Å². The van der Waals surface area contributed by atoms with Gasteiger partial charge in [-0.3, -0.25) is 4.79 Å². The largest absolute Gasteiger partial charge is 0.434 e. The van der Waals surface area contributed by atoms with Gasteiger partial charge in [-0.15, -0.1) is 24.0 Å². The van der Waals surface area contributed by atoms with Gasteiger partial charge in [-0.25, -0.2) is 4.99 Å². The number of ether oxygens (including phenoxy) is 1. The Kier molecular flexibility index (Phi) is 10.8. The highest BCUT2D eigenvalue weighted by Crippen LogP contribution is 2.22. The number of rotatable bonds is 9. The third-order valence-electron chi connectivity index (χ3n) is 5.21. The predicted molar refractivity (Wildman–Crippen MR) is 136 cm³/mol. The zero-order valence-corrected chi connectivity index (χ0v) is 21.3. The van der Waals surface area contributed by atoms with E-state index in [1.807, 2.05) is 49.1 Å². The second-order valence-electron chi connectivity index (χ2n) is 7.77. The van der Waals surface area contributed by atoms with Crippen molar-refractivity contribution in [2.45, 2.75) is 52.9 Å². The summed E-state index contributed by atoms with van der Waals surface area (Å²) < 4.78 is 30.0. The van der Waals surface area contributed by atoms with Crippen LogP contribution in [0.15, 0.2) is 47.5 Å². The molecular weight excluding hydrogens is 541 g/mol. The molecule has 0 atom stereocenters. The van der Waals surface area contributed by atoms with Gasteiger partial charge in [0.1, 0.15) is 5.75 Å². The predicted octanol–water partition coefficient (Wildman–Crippen LogP) is 4.59. The topological polar surface area (TPSA) is 66.0 Å². The Morgan fingerprint density at radius 2 is 1.88 bits per heavy atom. The summed E-state index contributed by atoms with van der Waals surface area (Å²) in [6.45, 7) is 3.90. The molecule has 0 bridgehead atoms. The number of aryl methyl sites for hydroxylation is 1. The van der Waals surface area contributed by atoms with E-state index in [-0.39, 0.29) is 35.6 Å². The van der Waals surface area contributed by atoms with Crippen LogP contribution < -0.4 is 15.4 Å². The fourth-order valence-electron chi connectivity index (χ4n) is 3.59. The number of hydrogen-bond donors (Lipinski definition) is 2. The third-order valence-corrected chi connectivity index (χ3v) is 5.21. The van der Waals surface area contributed by atoms with Crippen LogP contribution in [-0.4, -0.2) is 36.5 Å². The van der Waals surface area contributed by atoms with Gasteiger partial charge in [0.15, 0.2) is 5.96 Å². The minimum Gasteiger partial charge on any atom is -0.434 e. The summed E-state index contributed by atoms with van der Waals surface area (Å²) in [5.74, 6) is 0.959. The number of alkyl halides is 2. The summed E-state index contributed by atoms with van der Waals surface area (Å²) >= 11 is 0. The van der Waals surface area contributed by atoms with Crippen molar-refractivity contribution in [2.24, 2.45) is 4.99 Å². The van der Waals surface area contributed by atoms with Crippen LogP contribution in [0.1, 0.15) is 42.0 Å². The number of aliphatic imine (C=N–C) groups is 1. The molecule has 0 aromatic heterocycles. The first kappa shape index (κ1) is 26.8. The SMILES string of the molecule is CCNC(=NCc1ccc(CN2CCCC2=O)cc1)NCc1cc(C)ccc1OC(F)F.I. The van der Waals surface area contributed by atoms with Gasteiger partial charge in [-0.2, -0.15) is 8.78 Å². The summed E-state index contributed by atoms with van der Waals surface area (Å²) in [6, 6.07) is 13.2. The number of carbonyl (C=O) groups is 1. The van der Waals surface area contributed by atoms with Gasteiger partial charge in [-0.1, -0.05) is 42.0 Å². The molecule has 9 heteroatoms. The maximum atomic E-state index is 12.7. The Hall–Kier alpha value is -2.43. The van der Waals surface area contributed by atoms with Crippen molar-refractivity contribution >= 4 is 35.8 Å². The van der Waals surface area contributed by atoms with Gasteiger partial charge >= 0.3 is 6.61 Å². The van der Waals surface area contributed by atoms with Gasteiger partial charge in [0.05, 0.1) is 6.54 Å². The van der Waals surface area contributed by atoms with Crippen molar-refractivity contribution in [1.29, 1.82) is 0 Å². The molecule has 0 aliphatic carbocycles. The zero-order chi connectivity index (χ0) is 22.9. The van der Waals surface area contributed by atoms with Crippen LogP contribution in [0.2, 0.25) is 0 Å². The summed E-state index contributed by atoms with van der Waals surface area (Å²) in [5, 5.41) is 6.35. The van der Waals surface area contributed by atoms with Gasteiger partial charge in [0.25, 0.3) is 0 Å². The molecule has 1 aliphatic rings. The molecule has 0 unspecified atom stereocenters. The second-order valence-corrected chi connectivity index (χ2v) is 7.77. The van der Waals surface area contributed by atoms with Crippen LogP contribution in [0.25, 0.3) is 0 Å². The van der Waals surface area contributed by atoms with Crippen molar-refractivity contribution in [3.63, 3.8) is 0 Å². The standard InChI is InChI=1S/C24H30F2N4O2.HI/c1-3-27-24(29-15-20-13-17(2)6-11-21(20)32-23(25)26)28-14-18-7-9-19(10-8-18)16-30-12-4-5-22(30)31;/h6-11,13,23H,3-5,12,14-16H2,1-2H3,(H2,27,28,29);1H. The Bertz CT molecular complexity index is 939.